The van der Waals surface area contributed by atoms with Crippen LogP contribution in [0.25, 0.3) is 0 Å². The Kier molecular flexibility index (Phi) is 4.17. The summed E-state index contributed by atoms with van der Waals surface area (Å²) in [5.41, 5.74) is 1.98. The standard InChI is InChI=1S/C17H20O3S/c1-3-19-17-8-12-7-11(2)20-16(12)10-14(17)15(18)9-13-5-4-6-21-13/h4-6,8,10-11,15,18H,3,7,9H2,1-2H3. The zero-order chi connectivity index (χ0) is 14.8. The van der Waals surface area contributed by atoms with Gasteiger partial charge in [0.25, 0.3) is 0 Å². The fourth-order valence-corrected chi connectivity index (χ4v) is 3.47. The van der Waals surface area contributed by atoms with Gasteiger partial charge in [0.1, 0.15) is 17.6 Å². The van der Waals surface area contributed by atoms with Gasteiger partial charge in [-0.15, -0.1) is 11.3 Å². The quantitative estimate of drug-likeness (QED) is 0.914. The lowest BCUT2D eigenvalue weighted by atomic mass is 10.0. The van der Waals surface area contributed by atoms with E-state index in [9.17, 15) is 5.11 Å². The second-order valence-corrected chi connectivity index (χ2v) is 6.39. The lowest BCUT2D eigenvalue weighted by Crippen LogP contribution is -2.06. The van der Waals surface area contributed by atoms with Crippen molar-refractivity contribution in [1.82, 2.24) is 0 Å². The summed E-state index contributed by atoms with van der Waals surface area (Å²) in [5, 5.41) is 12.6. The Bertz CT molecular complexity index is 607. The Morgan fingerprint density at radius 3 is 3.05 bits per heavy atom. The van der Waals surface area contributed by atoms with Gasteiger partial charge in [-0.2, -0.15) is 0 Å². The summed E-state index contributed by atoms with van der Waals surface area (Å²) in [6.07, 6.45) is 1.12. The van der Waals surface area contributed by atoms with Crippen molar-refractivity contribution >= 4 is 11.3 Å². The van der Waals surface area contributed by atoms with Crippen LogP contribution >= 0.6 is 11.3 Å². The molecule has 112 valence electrons. The first-order valence-corrected chi connectivity index (χ1v) is 8.22. The van der Waals surface area contributed by atoms with E-state index >= 15 is 0 Å². The first-order valence-electron chi connectivity index (χ1n) is 7.34. The van der Waals surface area contributed by atoms with Crippen LogP contribution in [0.15, 0.2) is 29.6 Å². The Morgan fingerprint density at radius 1 is 1.48 bits per heavy atom. The van der Waals surface area contributed by atoms with E-state index in [4.69, 9.17) is 9.47 Å². The molecule has 2 aromatic rings. The molecule has 0 aliphatic carbocycles. The van der Waals surface area contributed by atoms with Crippen molar-refractivity contribution in [3.8, 4) is 11.5 Å². The Labute approximate surface area is 129 Å². The Balaban J connectivity index is 1.90. The third-order valence-electron chi connectivity index (χ3n) is 3.66. The minimum absolute atomic E-state index is 0.194. The average Bonchev–Trinajstić information content (AvgIpc) is 3.06. The van der Waals surface area contributed by atoms with Gasteiger partial charge in [-0.3, -0.25) is 0 Å². The molecule has 0 bridgehead atoms. The molecule has 1 aromatic carbocycles. The van der Waals surface area contributed by atoms with Gasteiger partial charge in [0.2, 0.25) is 0 Å². The van der Waals surface area contributed by atoms with Crippen LogP contribution in [0, 0.1) is 0 Å². The molecule has 1 aromatic heterocycles. The summed E-state index contributed by atoms with van der Waals surface area (Å²) in [6, 6.07) is 8.02. The molecule has 0 amide bonds. The summed E-state index contributed by atoms with van der Waals surface area (Å²) < 4.78 is 11.5. The lowest BCUT2D eigenvalue weighted by Gasteiger charge is -2.17. The van der Waals surface area contributed by atoms with Gasteiger partial charge in [0, 0.05) is 28.8 Å². The van der Waals surface area contributed by atoms with E-state index in [-0.39, 0.29) is 6.10 Å². The predicted molar refractivity (Wildman–Crippen MR) is 84.4 cm³/mol. The number of rotatable bonds is 5. The van der Waals surface area contributed by atoms with Crippen molar-refractivity contribution in [1.29, 1.82) is 0 Å². The van der Waals surface area contributed by atoms with E-state index < -0.39 is 6.10 Å². The van der Waals surface area contributed by atoms with Crippen LogP contribution in [0.2, 0.25) is 0 Å². The molecule has 3 nitrogen and oxygen atoms in total. The van der Waals surface area contributed by atoms with Gasteiger partial charge in [-0.1, -0.05) is 6.07 Å². The van der Waals surface area contributed by atoms with Crippen molar-refractivity contribution in [2.45, 2.75) is 38.9 Å². The minimum atomic E-state index is -0.574. The number of thiophene rings is 1. The van der Waals surface area contributed by atoms with E-state index in [0.29, 0.717) is 13.0 Å². The van der Waals surface area contributed by atoms with E-state index in [1.165, 1.54) is 4.88 Å². The molecule has 1 aliphatic heterocycles. The van der Waals surface area contributed by atoms with Crippen LogP contribution in [0.3, 0.4) is 0 Å². The lowest BCUT2D eigenvalue weighted by molar-refractivity contribution is 0.172. The molecule has 1 N–H and O–H groups in total. The maximum atomic E-state index is 10.6. The average molecular weight is 304 g/mol. The molecule has 0 spiro atoms. The molecule has 2 atom stereocenters. The zero-order valence-electron chi connectivity index (χ0n) is 12.3. The number of fused-ring (bicyclic) bond motifs is 1. The summed E-state index contributed by atoms with van der Waals surface area (Å²) in [6.45, 7) is 4.61. The topological polar surface area (TPSA) is 38.7 Å². The maximum Gasteiger partial charge on any atom is 0.125 e. The molecule has 0 radical (unpaired) electrons. The number of hydrogen-bond donors (Lipinski definition) is 1. The normalized spacial score (nSPS) is 18.1. The summed E-state index contributed by atoms with van der Waals surface area (Å²) in [5.74, 6) is 1.66. The fraction of sp³-hybridized carbons (Fsp3) is 0.412. The number of ether oxygens (including phenoxy) is 2. The molecule has 0 fully saturated rings. The highest BCUT2D eigenvalue weighted by Gasteiger charge is 2.24. The summed E-state index contributed by atoms with van der Waals surface area (Å²) >= 11 is 1.66. The third kappa shape index (κ3) is 3.06. The van der Waals surface area contributed by atoms with E-state index in [0.717, 1.165) is 29.0 Å². The van der Waals surface area contributed by atoms with Gasteiger partial charge < -0.3 is 14.6 Å². The maximum absolute atomic E-state index is 10.6. The van der Waals surface area contributed by atoms with Crippen LogP contribution in [0.1, 0.15) is 36.0 Å². The van der Waals surface area contributed by atoms with E-state index in [1.807, 2.05) is 36.6 Å². The molecule has 2 unspecified atom stereocenters. The van der Waals surface area contributed by atoms with E-state index in [2.05, 4.69) is 6.92 Å². The first-order chi connectivity index (χ1) is 10.2. The molecule has 0 saturated carbocycles. The summed E-state index contributed by atoms with van der Waals surface area (Å²) in [7, 11) is 0. The molecule has 3 rings (SSSR count). The van der Waals surface area contributed by atoms with E-state index in [1.54, 1.807) is 11.3 Å². The van der Waals surface area contributed by atoms with Crippen LogP contribution in [0.4, 0.5) is 0 Å². The Hall–Kier alpha value is -1.52. The van der Waals surface area contributed by atoms with Crippen LogP contribution in [-0.4, -0.2) is 17.8 Å². The van der Waals surface area contributed by atoms with Crippen molar-refractivity contribution in [2.24, 2.45) is 0 Å². The molecular weight excluding hydrogens is 284 g/mol. The van der Waals surface area contributed by atoms with Gasteiger partial charge in [0.15, 0.2) is 0 Å². The van der Waals surface area contributed by atoms with Crippen molar-refractivity contribution in [3.63, 3.8) is 0 Å². The number of hydrogen-bond acceptors (Lipinski definition) is 4. The van der Waals surface area contributed by atoms with Crippen molar-refractivity contribution < 1.29 is 14.6 Å². The predicted octanol–water partition coefficient (Wildman–Crippen LogP) is 3.75. The van der Waals surface area contributed by atoms with Crippen LogP contribution in [0.5, 0.6) is 11.5 Å². The minimum Gasteiger partial charge on any atom is -0.493 e. The number of aliphatic hydroxyl groups is 1. The van der Waals surface area contributed by atoms with Crippen LogP contribution < -0.4 is 9.47 Å². The number of aliphatic hydroxyl groups excluding tert-OH is 1. The fourth-order valence-electron chi connectivity index (χ4n) is 2.73. The van der Waals surface area contributed by atoms with Gasteiger partial charge in [-0.25, -0.2) is 0 Å². The second kappa shape index (κ2) is 6.08. The monoisotopic (exact) mass is 304 g/mol. The highest BCUT2D eigenvalue weighted by molar-refractivity contribution is 7.09. The molecule has 1 aliphatic rings. The van der Waals surface area contributed by atoms with Crippen LogP contribution in [-0.2, 0) is 12.8 Å². The second-order valence-electron chi connectivity index (χ2n) is 5.36. The van der Waals surface area contributed by atoms with Gasteiger partial charge >= 0.3 is 0 Å². The van der Waals surface area contributed by atoms with Crippen molar-refractivity contribution in [2.75, 3.05) is 6.61 Å². The SMILES string of the molecule is CCOc1cc2c(cc1C(O)Cc1cccs1)OC(C)C2. The highest BCUT2D eigenvalue weighted by Crippen LogP contribution is 2.38. The van der Waals surface area contributed by atoms with Gasteiger partial charge in [0.05, 0.1) is 12.7 Å². The van der Waals surface area contributed by atoms with Crippen molar-refractivity contribution in [3.05, 3.63) is 45.6 Å². The van der Waals surface area contributed by atoms with Gasteiger partial charge in [-0.05, 0) is 37.4 Å². The number of benzene rings is 1. The molecule has 21 heavy (non-hydrogen) atoms. The molecular formula is C17H20O3S. The molecule has 4 heteroatoms. The third-order valence-corrected chi connectivity index (χ3v) is 4.56. The smallest absolute Gasteiger partial charge is 0.125 e. The zero-order valence-corrected chi connectivity index (χ0v) is 13.2. The largest absolute Gasteiger partial charge is 0.493 e. The Morgan fingerprint density at radius 2 is 2.33 bits per heavy atom. The summed E-state index contributed by atoms with van der Waals surface area (Å²) in [4.78, 5) is 1.17. The highest BCUT2D eigenvalue weighted by atomic mass is 32.1. The molecule has 2 heterocycles. The molecule has 0 saturated heterocycles. The first kappa shape index (κ1) is 14.4.